The molecule has 2 heterocycles. The molecular weight excluding hydrogens is 298 g/mol. The molecule has 0 radical (unpaired) electrons. The first-order valence-corrected chi connectivity index (χ1v) is 8.21. The van der Waals surface area contributed by atoms with Crippen LogP contribution in [0.1, 0.15) is 36.0 Å². The van der Waals surface area contributed by atoms with Crippen LogP contribution in [-0.4, -0.2) is 21.6 Å². The Balaban J connectivity index is 2.16. The first-order valence-electron chi connectivity index (χ1n) is 7.22. The number of aromatic amines is 1. The molecule has 0 saturated carbocycles. The SMILES string of the molecule is CCSc1nc2c(c(=O)[nH]1)C(c1ccccc1C)CC(=O)N2. The number of anilines is 1. The molecule has 3 rings (SSSR count). The molecule has 2 N–H and O–H groups in total. The van der Waals surface area contributed by atoms with Gasteiger partial charge in [0, 0.05) is 12.3 Å². The molecular formula is C16H17N3O2S. The van der Waals surface area contributed by atoms with E-state index in [-0.39, 0.29) is 23.8 Å². The van der Waals surface area contributed by atoms with Crippen LogP contribution in [0.2, 0.25) is 0 Å². The lowest BCUT2D eigenvalue weighted by Gasteiger charge is -2.25. The van der Waals surface area contributed by atoms with Gasteiger partial charge in [-0.3, -0.25) is 9.59 Å². The minimum absolute atomic E-state index is 0.105. The van der Waals surface area contributed by atoms with E-state index in [0.29, 0.717) is 16.5 Å². The Morgan fingerprint density at radius 2 is 2.09 bits per heavy atom. The van der Waals surface area contributed by atoms with Gasteiger partial charge in [-0.1, -0.05) is 43.0 Å². The van der Waals surface area contributed by atoms with Crippen LogP contribution in [0.15, 0.2) is 34.2 Å². The minimum Gasteiger partial charge on any atom is -0.310 e. The van der Waals surface area contributed by atoms with E-state index in [4.69, 9.17) is 0 Å². The zero-order valence-electron chi connectivity index (χ0n) is 12.5. The van der Waals surface area contributed by atoms with Crippen molar-refractivity contribution in [2.45, 2.75) is 31.3 Å². The largest absolute Gasteiger partial charge is 0.310 e. The topological polar surface area (TPSA) is 74.8 Å². The van der Waals surface area contributed by atoms with Crippen LogP contribution in [-0.2, 0) is 4.79 Å². The molecule has 0 bridgehead atoms. The molecule has 114 valence electrons. The molecule has 0 spiro atoms. The van der Waals surface area contributed by atoms with Crippen LogP contribution in [0.4, 0.5) is 5.82 Å². The fourth-order valence-electron chi connectivity index (χ4n) is 2.80. The van der Waals surface area contributed by atoms with Crippen molar-refractivity contribution >= 4 is 23.5 Å². The molecule has 1 aliphatic heterocycles. The smallest absolute Gasteiger partial charge is 0.257 e. The second-order valence-corrected chi connectivity index (χ2v) is 6.48. The van der Waals surface area contributed by atoms with Gasteiger partial charge in [0.2, 0.25) is 5.91 Å². The van der Waals surface area contributed by atoms with Crippen molar-refractivity contribution in [3.8, 4) is 0 Å². The summed E-state index contributed by atoms with van der Waals surface area (Å²) in [4.78, 5) is 31.7. The molecule has 22 heavy (non-hydrogen) atoms. The van der Waals surface area contributed by atoms with Gasteiger partial charge in [-0.2, -0.15) is 0 Å². The fourth-order valence-corrected chi connectivity index (χ4v) is 3.39. The minimum atomic E-state index is -0.248. The summed E-state index contributed by atoms with van der Waals surface area (Å²) in [7, 11) is 0. The molecule has 2 aromatic rings. The van der Waals surface area contributed by atoms with E-state index in [2.05, 4.69) is 15.3 Å². The summed E-state index contributed by atoms with van der Waals surface area (Å²) in [5, 5.41) is 3.27. The van der Waals surface area contributed by atoms with Crippen molar-refractivity contribution < 1.29 is 4.79 Å². The highest BCUT2D eigenvalue weighted by Gasteiger charge is 2.31. The third-order valence-electron chi connectivity index (χ3n) is 3.77. The molecule has 1 aromatic carbocycles. The van der Waals surface area contributed by atoms with Gasteiger partial charge in [-0.25, -0.2) is 4.98 Å². The summed E-state index contributed by atoms with van der Waals surface area (Å²) in [6, 6.07) is 7.84. The number of nitrogens with zero attached hydrogens (tertiary/aromatic N) is 1. The summed E-state index contributed by atoms with van der Waals surface area (Å²) in [6.45, 7) is 3.98. The Kier molecular flexibility index (Phi) is 4.02. The second-order valence-electron chi connectivity index (χ2n) is 5.23. The van der Waals surface area contributed by atoms with E-state index >= 15 is 0 Å². The molecule has 1 unspecified atom stereocenters. The number of carbonyl (C=O) groups is 1. The third kappa shape index (κ3) is 2.66. The van der Waals surface area contributed by atoms with Gasteiger partial charge in [0.1, 0.15) is 5.82 Å². The first-order chi connectivity index (χ1) is 10.6. The highest BCUT2D eigenvalue weighted by molar-refractivity contribution is 7.99. The van der Waals surface area contributed by atoms with E-state index in [1.54, 1.807) is 0 Å². The average Bonchev–Trinajstić information content (AvgIpc) is 2.46. The Hall–Kier alpha value is -2.08. The van der Waals surface area contributed by atoms with E-state index in [1.807, 2.05) is 38.1 Å². The number of aromatic nitrogens is 2. The van der Waals surface area contributed by atoms with Crippen LogP contribution in [0.5, 0.6) is 0 Å². The van der Waals surface area contributed by atoms with Crippen molar-refractivity contribution in [1.29, 1.82) is 0 Å². The van der Waals surface area contributed by atoms with E-state index in [0.717, 1.165) is 16.9 Å². The molecule has 1 atom stereocenters. The molecule has 0 fully saturated rings. The molecule has 6 heteroatoms. The number of hydrogen-bond acceptors (Lipinski definition) is 4. The molecule has 5 nitrogen and oxygen atoms in total. The Morgan fingerprint density at radius 3 is 2.82 bits per heavy atom. The summed E-state index contributed by atoms with van der Waals surface area (Å²) >= 11 is 1.45. The zero-order valence-corrected chi connectivity index (χ0v) is 13.3. The van der Waals surface area contributed by atoms with E-state index in [9.17, 15) is 9.59 Å². The first kappa shape index (κ1) is 14.8. The summed E-state index contributed by atoms with van der Waals surface area (Å²) in [6.07, 6.45) is 0.267. The van der Waals surface area contributed by atoms with Gasteiger partial charge in [0.05, 0.1) is 5.56 Å². The normalized spacial score (nSPS) is 17.0. The van der Waals surface area contributed by atoms with Gasteiger partial charge in [-0.05, 0) is 23.8 Å². The number of thioether (sulfide) groups is 1. The average molecular weight is 315 g/mol. The van der Waals surface area contributed by atoms with Crippen molar-refractivity contribution in [2.24, 2.45) is 0 Å². The predicted molar refractivity (Wildman–Crippen MR) is 87.5 cm³/mol. The van der Waals surface area contributed by atoms with Crippen LogP contribution in [0, 0.1) is 6.92 Å². The molecule has 1 aromatic heterocycles. The van der Waals surface area contributed by atoms with Gasteiger partial charge in [0.25, 0.3) is 5.56 Å². The number of hydrogen-bond donors (Lipinski definition) is 2. The molecule has 0 saturated heterocycles. The van der Waals surface area contributed by atoms with Crippen LogP contribution < -0.4 is 10.9 Å². The fraction of sp³-hybridized carbons (Fsp3) is 0.312. The van der Waals surface area contributed by atoms with Gasteiger partial charge < -0.3 is 10.3 Å². The van der Waals surface area contributed by atoms with Crippen molar-refractivity contribution in [3.63, 3.8) is 0 Å². The zero-order chi connectivity index (χ0) is 15.7. The summed E-state index contributed by atoms with van der Waals surface area (Å²) < 4.78 is 0. The van der Waals surface area contributed by atoms with Gasteiger partial charge >= 0.3 is 0 Å². The molecule has 1 aliphatic rings. The van der Waals surface area contributed by atoms with Crippen molar-refractivity contribution in [2.75, 3.05) is 11.1 Å². The van der Waals surface area contributed by atoms with Crippen LogP contribution >= 0.6 is 11.8 Å². The predicted octanol–water partition coefficient (Wildman–Crippen LogP) is 2.66. The van der Waals surface area contributed by atoms with Gasteiger partial charge in [-0.15, -0.1) is 0 Å². The highest BCUT2D eigenvalue weighted by Crippen LogP contribution is 2.35. The number of rotatable bonds is 3. The quantitative estimate of drug-likeness (QED) is 0.674. The van der Waals surface area contributed by atoms with E-state index < -0.39 is 0 Å². The van der Waals surface area contributed by atoms with Crippen LogP contribution in [0.25, 0.3) is 0 Å². The summed E-state index contributed by atoms with van der Waals surface area (Å²) in [5.41, 5.74) is 2.45. The highest BCUT2D eigenvalue weighted by atomic mass is 32.2. The Bertz CT molecular complexity index is 785. The lowest BCUT2D eigenvalue weighted by molar-refractivity contribution is -0.116. The maximum absolute atomic E-state index is 12.5. The number of aryl methyl sites for hydroxylation is 1. The Morgan fingerprint density at radius 1 is 1.32 bits per heavy atom. The number of fused-ring (bicyclic) bond motifs is 1. The number of carbonyl (C=O) groups excluding carboxylic acids is 1. The number of H-pyrrole nitrogens is 1. The number of benzene rings is 1. The summed E-state index contributed by atoms with van der Waals surface area (Å²) in [5.74, 6) is 0.842. The van der Waals surface area contributed by atoms with Crippen molar-refractivity contribution in [3.05, 3.63) is 51.3 Å². The number of amides is 1. The van der Waals surface area contributed by atoms with Crippen molar-refractivity contribution in [1.82, 2.24) is 9.97 Å². The second kappa shape index (κ2) is 5.96. The lowest BCUT2D eigenvalue weighted by atomic mass is 9.84. The lowest BCUT2D eigenvalue weighted by Crippen LogP contribution is -2.31. The van der Waals surface area contributed by atoms with Crippen LogP contribution in [0.3, 0.4) is 0 Å². The molecule has 1 amide bonds. The standard InChI is InChI=1S/C16H17N3O2S/c1-3-22-16-18-14-13(15(21)19-16)11(8-12(20)17-14)10-7-5-4-6-9(10)2/h4-7,11H,3,8H2,1-2H3,(H2,17,18,19,20,21). The monoisotopic (exact) mass is 315 g/mol. The third-order valence-corrected chi connectivity index (χ3v) is 4.53. The van der Waals surface area contributed by atoms with E-state index in [1.165, 1.54) is 11.8 Å². The maximum atomic E-state index is 12.5. The Labute approximate surface area is 132 Å². The van der Waals surface area contributed by atoms with Gasteiger partial charge in [0.15, 0.2) is 5.16 Å². The molecule has 0 aliphatic carbocycles. The maximum Gasteiger partial charge on any atom is 0.257 e. The number of nitrogens with one attached hydrogen (secondary N) is 2.